The van der Waals surface area contributed by atoms with E-state index in [-0.39, 0.29) is 10.8 Å². The molecule has 1 aromatic rings. The Balaban J connectivity index is 2.45. The molecule has 0 saturated carbocycles. The number of hydrogen-bond acceptors (Lipinski definition) is 2. The zero-order chi connectivity index (χ0) is 12.0. The molecular weight excluding hydrogens is 245 g/mol. The molecule has 0 saturated heterocycles. The van der Waals surface area contributed by atoms with Crippen LogP contribution < -0.4 is 5.32 Å². The molecular formula is C12H17ClFNS. The van der Waals surface area contributed by atoms with Crippen molar-refractivity contribution in [2.75, 3.05) is 11.5 Å². The van der Waals surface area contributed by atoms with Gasteiger partial charge in [0.25, 0.3) is 0 Å². The van der Waals surface area contributed by atoms with Crippen LogP contribution in [0.25, 0.3) is 0 Å². The predicted molar refractivity (Wildman–Crippen MR) is 70.7 cm³/mol. The van der Waals surface area contributed by atoms with Crippen molar-refractivity contribution >= 4 is 23.4 Å². The summed E-state index contributed by atoms with van der Waals surface area (Å²) in [6, 6.07) is 5.31. The van der Waals surface area contributed by atoms with Gasteiger partial charge in [0.05, 0.1) is 5.02 Å². The predicted octanol–water partition coefficient (Wildman–Crippen LogP) is 3.71. The largest absolute Gasteiger partial charge is 0.309 e. The molecule has 0 fully saturated rings. The van der Waals surface area contributed by atoms with E-state index < -0.39 is 0 Å². The molecule has 0 aliphatic heterocycles. The highest BCUT2D eigenvalue weighted by Crippen LogP contribution is 2.19. The Morgan fingerprint density at radius 3 is 2.94 bits per heavy atom. The second-order valence-electron chi connectivity index (χ2n) is 3.65. The maximum atomic E-state index is 13.1. The SMILES string of the molecule is CCSCC(C)NCc1cccc(F)c1Cl. The Labute approximate surface area is 106 Å². The summed E-state index contributed by atoms with van der Waals surface area (Å²) < 4.78 is 13.1. The van der Waals surface area contributed by atoms with E-state index in [4.69, 9.17) is 11.6 Å². The van der Waals surface area contributed by atoms with Gasteiger partial charge in [0.2, 0.25) is 0 Å². The molecule has 16 heavy (non-hydrogen) atoms. The lowest BCUT2D eigenvalue weighted by molar-refractivity contribution is 0.587. The first-order valence-electron chi connectivity index (χ1n) is 5.39. The van der Waals surface area contributed by atoms with Gasteiger partial charge in [-0.15, -0.1) is 0 Å². The average Bonchev–Trinajstić information content (AvgIpc) is 2.28. The number of halogens is 2. The Morgan fingerprint density at radius 2 is 2.25 bits per heavy atom. The molecule has 0 aromatic heterocycles. The molecule has 1 atom stereocenters. The lowest BCUT2D eigenvalue weighted by Crippen LogP contribution is -2.27. The first kappa shape index (κ1) is 13.8. The van der Waals surface area contributed by atoms with Gasteiger partial charge in [0.15, 0.2) is 0 Å². The van der Waals surface area contributed by atoms with E-state index in [0.29, 0.717) is 12.6 Å². The zero-order valence-corrected chi connectivity index (χ0v) is 11.2. The fraction of sp³-hybridized carbons (Fsp3) is 0.500. The van der Waals surface area contributed by atoms with Crippen molar-refractivity contribution in [3.63, 3.8) is 0 Å². The Morgan fingerprint density at radius 1 is 1.50 bits per heavy atom. The van der Waals surface area contributed by atoms with Crippen LogP contribution in [0.2, 0.25) is 5.02 Å². The molecule has 0 heterocycles. The molecule has 0 radical (unpaired) electrons. The normalized spacial score (nSPS) is 12.8. The standard InChI is InChI=1S/C12H17ClFNS/c1-3-16-8-9(2)15-7-10-5-4-6-11(14)12(10)13/h4-6,9,15H,3,7-8H2,1-2H3. The van der Waals surface area contributed by atoms with Crippen molar-refractivity contribution in [2.45, 2.75) is 26.4 Å². The summed E-state index contributed by atoms with van der Waals surface area (Å²) in [5.41, 5.74) is 0.815. The second-order valence-corrected chi connectivity index (χ2v) is 5.35. The van der Waals surface area contributed by atoms with Gasteiger partial charge in [-0.25, -0.2) is 4.39 Å². The summed E-state index contributed by atoms with van der Waals surface area (Å²) in [5, 5.41) is 3.56. The molecule has 1 N–H and O–H groups in total. The smallest absolute Gasteiger partial charge is 0.142 e. The number of thioether (sulfide) groups is 1. The quantitative estimate of drug-likeness (QED) is 0.838. The fourth-order valence-electron chi connectivity index (χ4n) is 1.32. The highest BCUT2D eigenvalue weighted by Gasteiger charge is 2.07. The maximum Gasteiger partial charge on any atom is 0.142 e. The van der Waals surface area contributed by atoms with Crippen LogP contribution in [-0.2, 0) is 6.54 Å². The topological polar surface area (TPSA) is 12.0 Å². The third kappa shape index (κ3) is 4.32. The first-order chi connectivity index (χ1) is 7.65. The summed E-state index contributed by atoms with van der Waals surface area (Å²) in [5.74, 6) is 1.83. The van der Waals surface area contributed by atoms with Gasteiger partial charge in [-0.05, 0) is 24.3 Å². The second kappa shape index (κ2) is 7.15. The van der Waals surface area contributed by atoms with Gasteiger partial charge in [-0.2, -0.15) is 11.8 Å². The van der Waals surface area contributed by atoms with Crippen LogP contribution >= 0.6 is 23.4 Å². The van der Waals surface area contributed by atoms with Gasteiger partial charge in [0.1, 0.15) is 5.82 Å². The van der Waals surface area contributed by atoms with E-state index in [1.54, 1.807) is 6.07 Å². The van der Waals surface area contributed by atoms with E-state index in [0.717, 1.165) is 17.1 Å². The molecule has 90 valence electrons. The average molecular weight is 262 g/mol. The molecule has 0 spiro atoms. The number of rotatable bonds is 6. The number of nitrogens with one attached hydrogen (secondary N) is 1. The lowest BCUT2D eigenvalue weighted by Gasteiger charge is -2.13. The van der Waals surface area contributed by atoms with Crippen molar-refractivity contribution in [1.82, 2.24) is 5.32 Å². The van der Waals surface area contributed by atoms with Crippen LogP contribution in [-0.4, -0.2) is 17.5 Å². The minimum atomic E-state index is -0.350. The number of benzene rings is 1. The van der Waals surface area contributed by atoms with Crippen LogP contribution in [0.5, 0.6) is 0 Å². The van der Waals surface area contributed by atoms with Gasteiger partial charge < -0.3 is 5.32 Å². The van der Waals surface area contributed by atoms with Crippen LogP contribution in [0, 0.1) is 5.82 Å². The maximum absolute atomic E-state index is 13.1. The van der Waals surface area contributed by atoms with Crippen LogP contribution in [0.15, 0.2) is 18.2 Å². The van der Waals surface area contributed by atoms with E-state index >= 15 is 0 Å². The minimum Gasteiger partial charge on any atom is -0.309 e. The molecule has 1 nitrogen and oxygen atoms in total. The molecule has 4 heteroatoms. The summed E-state index contributed by atoms with van der Waals surface area (Å²) >= 11 is 7.75. The van der Waals surface area contributed by atoms with Gasteiger partial charge >= 0.3 is 0 Å². The molecule has 0 aliphatic carbocycles. The van der Waals surface area contributed by atoms with Crippen LogP contribution in [0.1, 0.15) is 19.4 Å². The van der Waals surface area contributed by atoms with Gasteiger partial charge in [0, 0.05) is 18.3 Å². The highest BCUT2D eigenvalue weighted by atomic mass is 35.5. The fourth-order valence-corrected chi connectivity index (χ4v) is 2.22. The molecule has 0 bridgehead atoms. The van der Waals surface area contributed by atoms with Crippen molar-refractivity contribution in [1.29, 1.82) is 0 Å². The van der Waals surface area contributed by atoms with Crippen molar-refractivity contribution in [3.8, 4) is 0 Å². The molecule has 1 unspecified atom stereocenters. The Kier molecular flexibility index (Phi) is 6.17. The van der Waals surface area contributed by atoms with E-state index in [2.05, 4.69) is 19.2 Å². The summed E-state index contributed by atoms with van der Waals surface area (Å²) in [7, 11) is 0. The monoisotopic (exact) mass is 261 g/mol. The number of hydrogen-bond donors (Lipinski definition) is 1. The first-order valence-corrected chi connectivity index (χ1v) is 6.92. The van der Waals surface area contributed by atoms with Gasteiger partial charge in [-0.3, -0.25) is 0 Å². The van der Waals surface area contributed by atoms with Crippen LogP contribution in [0.3, 0.4) is 0 Å². The van der Waals surface area contributed by atoms with Crippen LogP contribution in [0.4, 0.5) is 4.39 Å². The third-order valence-electron chi connectivity index (χ3n) is 2.24. The Hall–Kier alpha value is -0.250. The lowest BCUT2D eigenvalue weighted by atomic mass is 10.2. The highest BCUT2D eigenvalue weighted by molar-refractivity contribution is 7.99. The summed E-state index contributed by atoms with van der Waals surface area (Å²) in [6.45, 7) is 4.87. The minimum absolute atomic E-state index is 0.227. The van der Waals surface area contributed by atoms with E-state index in [1.165, 1.54) is 6.07 Å². The van der Waals surface area contributed by atoms with Crippen molar-refractivity contribution in [3.05, 3.63) is 34.6 Å². The van der Waals surface area contributed by atoms with E-state index in [1.807, 2.05) is 17.8 Å². The van der Waals surface area contributed by atoms with E-state index in [9.17, 15) is 4.39 Å². The third-order valence-corrected chi connectivity index (χ3v) is 3.81. The van der Waals surface area contributed by atoms with Crippen molar-refractivity contribution in [2.24, 2.45) is 0 Å². The molecule has 1 rings (SSSR count). The summed E-state index contributed by atoms with van der Waals surface area (Å²) in [4.78, 5) is 0. The summed E-state index contributed by atoms with van der Waals surface area (Å²) in [6.07, 6.45) is 0. The van der Waals surface area contributed by atoms with Crippen molar-refractivity contribution < 1.29 is 4.39 Å². The van der Waals surface area contributed by atoms with Gasteiger partial charge in [-0.1, -0.05) is 30.7 Å². The Bertz CT molecular complexity index is 333. The molecule has 0 amide bonds. The molecule has 0 aliphatic rings. The zero-order valence-electron chi connectivity index (χ0n) is 9.59. The molecule has 1 aromatic carbocycles.